The molecular formula is C13H15NO3. The Labute approximate surface area is 100 Å². The normalized spacial score (nSPS) is 10.5. The summed E-state index contributed by atoms with van der Waals surface area (Å²) in [5.74, 6) is -1.08. The number of rotatable bonds is 4. The molecule has 4 heteroatoms. The Balaban J connectivity index is 2.93. The van der Waals surface area contributed by atoms with E-state index in [2.05, 4.69) is 0 Å². The molecule has 1 aromatic rings. The van der Waals surface area contributed by atoms with Gasteiger partial charge in [-0.25, -0.2) is 4.79 Å². The number of carboxylic acid groups (broad SMARTS) is 1. The zero-order valence-electron chi connectivity index (χ0n) is 9.88. The van der Waals surface area contributed by atoms with Gasteiger partial charge in [-0.2, -0.15) is 0 Å². The van der Waals surface area contributed by atoms with Gasteiger partial charge in [0.2, 0.25) is 0 Å². The van der Waals surface area contributed by atoms with E-state index in [-0.39, 0.29) is 5.91 Å². The van der Waals surface area contributed by atoms with Crippen LogP contribution in [0.25, 0.3) is 6.08 Å². The second-order valence-electron chi connectivity index (χ2n) is 3.62. The van der Waals surface area contributed by atoms with E-state index in [0.717, 1.165) is 6.08 Å². The Kier molecular flexibility index (Phi) is 4.46. The van der Waals surface area contributed by atoms with Crippen LogP contribution in [0.5, 0.6) is 0 Å². The van der Waals surface area contributed by atoms with Crippen LogP contribution in [0.4, 0.5) is 0 Å². The second-order valence-corrected chi connectivity index (χ2v) is 3.62. The molecule has 0 heterocycles. The molecule has 0 aliphatic heterocycles. The van der Waals surface area contributed by atoms with Crippen LogP contribution in [-0.2, 0) is 4.79 Å². The van der Waals surface area contributed by atoms with E-state index in [1.165, 1.54) is 6.08 Å². The van der Waals surface area contributed by atoms with Crippen molar-refractivity contribution in [3.05, 3.63) is 41.5 Å². The Hall–Kier alpha value is -2.10. The maximum atomic E-state index is 11.9. The summed E-state index contributed by atoms with van der Waals surface area (Å²) < 4.78 is 0. The van der Waals surface area contributed by atoms with Crippen molar-refractivity contribution in [3.63, 3.8) is 0 Å². The topological polar surface area (TPSA) is 57.6 Å². The van der Waals surface area contributed by atoms with E-state index in [1.54, 1.807) is 36.2 Å². The first-order valence-electron chi connectivity index (χ1n) is 5.31. The third kappa shape index (κ3) is 3.75. The van der Waals surface area contributed by atoms with E-state index >= 15 is 0 Å². The highest BCUT2D eigenvalue weighted by Crippen LogP contribution is 2.09. The van der Waals surface area contributed by atoms with Crippen LogP contribution in [0.15, 0.2) is 30.3 Å². The van der Waals surface area contributed by atoms with Gasteiger partial charge >= 0.3 is 5.97 Å². The van der Waals surface area contributed by atoms with E-state index < -0.39 is 5.97 Å². The van der Waals surface area contributed by atoms with Gasteiger partial charge in [-0.15, -0.1) is 0 Å². The van der Waals surface area contributed by atoms with Crippen LogP contribution in [-0.4, -0.2) is 35.5 Å². The lowest BCUT2D eigenvalue weighted by Crippen LogP contribution is -2.26. The number of aliphatic carboxylic acids is 1. The number of carboxylic acids is 1. The minimum absolute atomic E-state index is 0.0712. The molecule has 0 spiro atoms. The molecule has 17 heavy (non-hydrogen) atoms. The van der Waals surface area contributed by atoms with Crippen molar-refractivity contribution in [3.8, 4) is 0 Å². The molecule has 1 N–H and O–H groups in total. The van der Waals surface area contributed by atoms with Crippen LogP contribution in [0.2, 0.25) is 0 Å². The molecule has 0 aromatic heterocycles. The minimum atomic E-state index is -1.01. The molecular weight excluding hydrogens is 218 g/mol. The average Bonchev–Trinajstić information content (AvgIpc) is 2.34. The second kappa shape index (κ2) is 5.84. The molecule has 90 valence electrons. The number of carbonyl (C=O) groups is 2. The number of carbonyl (C=O) groups excluding carboxylic acids is 1. The summed E-state index contributed by atoms with van der Waals surface area (Å²) in [4.78, 5) is 23.8. The smallest absolute Gasteiger partial charge is 0.328 e. The van der Waals surface area contributed by atoms with Gasteiger partial charge in [0.1, 0.15) is 0 Å². The van der Waals surface area contributed by atoms with Crippen molar-refractivity contribution >= 4 is 18.0 Å². The lowest BCUT2D eigenvalue weighted by molar-refractivity contribution is -0.131. The molecule has 1 rings (SSSR count). The summed E-state index contributed by atoms with van der Waals surface area (Å²) in [7, 11) is 1.72. The van der Waals surface area contributed by atoms with Crippen LogP contribution < -0.4 is 0 Å². The summed E-state index contributed by atoms with van der Waals surface area (Å²) >= 11 is 0. The van der Waals surface area contributed by atoms with Crippen molar-refractivity contribution in [2.45, 2.75) is 6.92 Å². The quantitative estimate of drug-likeness (QED) is 0.808. The predicted octanol–water partition coefficient (Wildman–Crippen LogP) is 1.88. The standard InChI is InChI=1S/C13H15NO3/c1-3-14(2)13(17)11-6-4-5-10(9-11)7-8-12(15)16/h4-9H,3H2,1-2H3,(H,15,16). The number of hydrogen-bond acceptors (Lipinski definition) is 2. The van der Waals surface area contributed by atoms with Gasteiger partial charge in [-0.3, -0.25) is 4.79 Å². The molecule has 1 amide bonds. The van der Waals surface area contributed by atoms with Crippen LogP contribution >= 0.6 is 0 Å². The molecule has 0 aliphatic carbocycles. The summed E-state index contributed by atoms with van der Waals surface area (Å²) in [5.41, 5.74) is 1.25. The molecule has 0 aliphatic rings. The first-order valence-corrected chi connectivity index (χ1v) is 5.31. The highest BCUT2D eigenvalue weighted by molar-refractivity contribution is 5.95. The molecule has 0 saturated heterocycles. The lowest BCUT2D eigenvalue weighted by Gasteiger charge is -2.14. The largest absolute Gasteiger partial charge is 0.478 e. The average molecular weight is 233 g/mol. The third-order valence-corrected chi connectivity index (χ3v) is 2.37. The summed E-state index contributed by atoms with van der Waals surface area (Å²) in [6, 6.07) is 6.88. The Morgan fingerprint density at radius 1 is 1.41 bits per heavy atom. The van der Waals surface area contributed by atoms with Crippen molar-refractivity contribution in [1.29, 1.82) is 0 Å². The van der Waals surface area contributed by atoms with E-state index in [0.29, 0.717) is 17.7 Å². The molecule has 0 atom stereocenters. The van der Waals surface area contributed by atoms with Gasteiger partial charge in [0.25, 0.3) is 5.91 Å². The predicted molar refractivity (Wildman–Crippen MR) is 65.7 cm³/mol. The third-order valence-electron chi connectivity index (χ3n) is 2.37. The van der Waals surface area contributed by atoms with Gasteiger partial charge in [0, 0.05) is 25.2 Å². The molecule has 0 saturated carbocycles. The number of hydrogen-bond donors (Lipinski definition) is 1. The summed E-state index contributed by atoms with van der Waals surface area (Å²) in [6.07, 6.45) is 2.51. The van der Waals surface area contributed by atoms with Gasteiger partial charge < -0.3 is 10.0 Å². The highest BCUT2D eigenvalue weighted by atomic mass is 16.4. The molecule has 0 unspecified atom stereocenters. The molecule has 0 bridgehead atoms. The zero-order chi connectivity index (χ0) is 12.8. The first-order chi connectivity index (χ1) is 8.04. The molecule has 0 fully saturated rings. The summed E-state index contributed by atoms with van der Waals surface area (Å²) in [5, 5.41) is 8.52. The SMILES string of the molecule is CCN(C)C(=O)c1cccc(C=CC(=O)O)c1. The van der Waals surface area contributed by atoms with Gasteiger partial charge in [0.15, 0.2) is 0 Å². The fraction of sp³-hybridized carbons (Fsp3) is 0.231. The molecule has 0 radical (unpaired) electrons. The Bertz CT molecular complexity index is 452. The minimum Gasteiger partial charge on any atom is -0.478 e. The number of benzene rings is 1. The Morgan fingerprint density at radius 2 is 2.12 bits per heavy atom. The zero-order valence-corrected chi connectivity index (χ0v) is 9.88. The highest BCUT2D eigenvalue weighted by Gasteiger charge is 2.09. The van der Waals surface area contributed by atoms with E-state index in [4.69, 9.17) is 5.11 Å². The van der Waals surface area contributed by atoms with Crippen LogP contribution in [0.3, 0.4) is 0 Å². The number of nitrogens with zero attached hydrogens (tertiary/aromatic N) is 1. The molecule has 4 nitrogen and oxygen atoms in total. The van der Waals surface area contributed by atoms with Crippen molar-refractivity contribution in [1.82, 2.24) is 4.90 Å². The van der Waals surface area contributed by atoms with Crippen molar-refractivity contribution < 1.29 is 14.7 Å². The maximum absolute atomic E-state index is 11.9. The van der Waals surface area contributed by atoms with Gasteiger partial charge in [0.05, 0.1) is 0 Å². The van der Waals surface area contributed by atoms with Crippen LogP contribution in [0.1, 0.15) is 22.8 Å². The van der Waals surface area contributed by atoms with Crippen molar-refractivity contribution in [2.24, 2.45) is 0 Å². The molecule has 1 aromatic carbocycles. The first kappa shape index (κ1) is 13.0. The summed E-state index contributed by atoms with van der Waals surface area (Å²) in [6.45, 7) is 2.53. The van der Waals surface area contributed by atoms with Gasteiger partial charge in [-0.1, -0.05) is 12.1 Å². The monoisotopic (exact) mass is 233 g/mol. The van der Waals surface area contributed by atoms with Gasteiger partial charge in [-0.05, 0) is 30.7 Å². The van der Waals surface area contributed by atoms with E-state index in [9.17, 15) is 9.59 Å². The number of amides is 1. The van der Waals surface area contributed by atoms with E-state index in [1.807, 2.05) is 6.92 Å². The van der Waals surface area contributed by atoms with Crippen molar-refractivity contribution in [2.75, 3.05) is 13.6 Å². The fourth-order valence-electron chi connectivity index (χ4n) is 1.31. The lowest BCUT2D eigenvalue weighted by atomic mass is 10.1. The fourth-order valence-corrected chi connectivity index (χ4v) is 1.31. The Morgan fingerprint density at radius 3 is 2.71 bits per heavy atom. The maximum Gasteiger partial charge on any atom is 0.328 e. The van der Waals surface area contributed by atoms with Crippen LogP contribution in [0, 0.1) is 0 Å².